The molecule has 0 aromatic heterocycles. The van der Waals surface area contributed by atoms with Gasteiger partial charge in [-0.2, -0.15) is 0 Å². The number of carbonyl (C=O) groups is 3. The highest BCUT2D eigenvalue weighted by Gasteiger charge is 2.37. The molecule has 2 aromatic rings. The summed E-state index contributed by atoms with van der Waals surface area (Å²) >= 11 is 0. The molecule has 2 atom stereocenters. The van der Waals surface area contributed by atoms with Gasteiger partial charge in [-0.05, 0) is 29.5 Å². The lowest BCUT2D eigenvalue weighted by Gasteiger charge is -2.35. The molecular weight excluding hydrogens is 408 g/mol. The van der Waals surface area contributed by atoms with Crippen molar-refractivity contribution in [2.24, 2.45) is 0 Å². The fourth-order valence-electron chi connectivity index (χ4n) is 3.68. The van der Waals surface area contributed by atoms with Crippen LogP contribution in [0.1, 0.15) is 36.0 Å². The topological polar surface area (TPSA) is 95.9 Å². The number of nitrogens with zero attached hydrogens (tertiary/aromatic N) is 1. The summed E-state index contributed by atoms with van der Waals surface area (Å²) in [5.41, 5.74) is 2.70. The fraction of sp³-hybridized carbons (Fsp3) is 0.320. The van der Waals surface area contributed by atoms with Gasteiger partial charge in [0.1, 0.15) is 18.7 Å². The maximum absolute atomic E-state index is 13.1. The minimum atomic E-state index is -1.13. The van der Waals surface area contributed by atoms with Crippen molar-refractivity contribution in [2.75, 3.05) is 0 Å². The molecule has 1 heterocycles. The van der Waals surface area contributed by atoms with Crippen molar-refractivity contribution in [3.63, 3.8) is 0 Å². The number of rotatable bonds is 8. The quantitative estimate of drug-likeness (QED) is 0.492. The van der Waals surface area contributed by atoms with E-state index in [-0.39, 0.29) is 26.0 Å². The van der Waals surface area contributed by atoms with E-state index >= 15 is 0 Å². The van der Waals surface area contributed by atoms with E-state index < -0.39 is 30.1 Å². The Kier molecular flexibility index (Phi) is 7.87. The van der Waals surface area contributed by atoms with Gasteiger partial charge in [-0.15, -0.1) is 12.3 Å². The molecule has 32 heavy (non-hydrogen) atoms. The predicted molar refractivity (Wildman–Crippen MR) is 118 cm³/mol. The number of amides is 2. The summed E-state index contributed by atoms with van der Waals surface area (Å²) in [5.74, 6) is 0.806. The summed E-state index contributed by atoms with van der Waals surface area (Å²) < 4.78 is 5.46. The number of nitrogens with one attached hydrogen (secondary N) is 1. The minimum absolute atomic E-state index is 0.0794. The smallest absolute Gasteiger partial charge is 0.411 e. The largest absolute Gasteiger partial charge is 0.480 e. The van der Waals surface area contributed by atoms with Gasteiger partial charge in [-0.1, -0.05) is 54.6 Å². The summed E-state index contributed by atoms with van der Waals surface area (Å²) in [7, 11) is 0. The second-order valence-electron chi connectivity index (χ2n) is 7.65. The molecule has 0 saturated carbocycles. The molecule has 0 unspecified atom stereocenters. The van der Waals surface area contributed by atoms with Crippen molar-refractivity contribution < 1.29 is 24.2 Å². The highest BCUT2D eigenvalue weighted by atomic mass is 16.6. The van der Waals surface area contributed by atoms with Crippen LogP contribution < -0.4 is 5.32 Å². The summed E-state index contributed by atoms with van der Waals surface area (Å²) in [4.78, 5) is 39.0. The van der Waals surface area contributed by atoms with E-state index in [1.807, 2.05) is 54.6 Å². The highest BCUT2D eigenvalue weighted by Crippen LogP contribution is 2.25. The zero-order valence-electron chi connectivity index (χ0n) is 17.7. The number of carboxylic acids is 1. The molecule has 2 aromatic carbocycles. The van der Waals surface area contributed by atoms with Gasteiger partial charge in [0.15, 0.2) is 0 Å². The molecular formula is C25H26N2O5. The number of fused-ring (bicyclic) bond motifs is 1. The van der Waals surface area contributed by atoms with Crippen LogP contribution >= 0.6 is 0 Å². The molecule has 2 amide bonds. The monoisotopic (exact) mass is 434 g/mol. The van der Waals surface area contributed by atoms with Crippen LogP contribution in [-0.2, 0) is 33.9 Å². The Balaban J connectivity index is 1.75. The van der Waals surface area contributed by atoms with Crippen LogP contribution in [0.5, 0.6) is 0 Å². The second kappa shape index (κ2) is 11.0. The molecule has 0 saturated heterocycles. The molecule has 1 aliphatic rings. The van der Waals surface area contributed by atoms with E-state index in [0.717, 1.165) is 16.7 Å². The summed E-state index contributed by atoms with van der Waals surface area (Å²) in [6, 6.07) is 14.9. The second-order valence-corrected chi connectivity index (χ2v) is 7.65. The van der Waals surface area contributed by atoms with Gasteiger partial charge in [-0.3, -0.25) is 9.69 Å². The Hall–Kier alpha value is -3.79. The normalized spacial score (nSPS) is 15.7. The maximum atomic E-state index is 13.1. The standard InChI is InChI=1S/C25H26N2O5/c1-2-3-5-14-21(24(29)30)26-23(28)22-15-19-12-8-9-13-20(19)16-27(22)25(31)32-17-18-10-6-4-7-11-18/h1,4,6-13,21-22H,3,5,14-17H2,(H,26,28)(H,29,30)/t21-,22+/m1/s1. The number of ether oxygens (including phenoxy) is 1. The number of carboxylic acid groups (broad SMARTS) is 1. The van der Waals surface area contributed by atoms with E-state index in [1.165, 1.54) is 4.90 Å². The Labute approximate surface area is 187 Å². The number of carbonyl (C=O) groups excluding carboxylic acids is 2. The predicted octanol–water partition coefficient (Wildman–Crippen LogP) is 3.12. The molecule has 0 aliphatic carbocycles. The van der Waals surface area contributed by atoms with Crippen LogP contribution in [0.4, 0.5) is 4.79 Å². The molecule has 0 radical (unpaired) electrons. The molecule has 1 aliphatic heterocycles. The SMILES string of the molecule is C#CCCC[C@@H](NC(=O)[C@@H]1Cc2ccccc2CN1C(=O)OCc1ccccc1)C(=O)O. The third-order valence-corrected chi connectivity index (χ3v) is 5.42. The van der Waals surface area contributed by atoms with Crippen molar-refractivity contribution >= 4 is 18.0 Å². The molecule has 0 spiro atoms. The lowest BCUT2D eigenvalue weighted by Crippen LogP contribution is -2.55. The Morgan fingerprint density at radius 2 is 1.81 bits per heavy atom. The van der Waals surface area contributed by atoms with Crippen LogP contribution in [0.25, 0.3) is 0 Å². The number of hydrogen-bond acceptors (Lipinski definition) is 4. The van der Waals surface area contributed by atoms with Gasteiger partial charge >= 0.3 is 12.1 Å². The number of hydrogen-bond donors (Lipinski definition) is 2. The van der Waals surface area contributed by atoms with E-state index in [1.54, 1.807) is 0 Å². The number of unbranched alkanes of at least 4 members (excludes halogenated alkanes) is 1. The van der Waals surface area contributed by atoms with Crippen molar-refractivity contribution in [2.45, 2.75) is 50.9 Å². The van der Waals surface area contributed by atoms with E-state index in [0.29, 0.717) is 12.8 Å². The first-order chi connectivity index (χ1) is 15.5. The Bertz CT molecular complexity index is 999. The van der Waals surface area contributed by atoms with Gasteiger partial charge in [0.05, 0.1) is 6.54 Å². The summed E-state index contributed by atoms with van der Waals surface area (Å²) in [6.45, 7) is 0.284. The van der Waals surface area contributed by atoms with E-state index in [2.05, 4.69) is 11.2 Å². The average molecular weight is 434 g/mol. The van der Waals surface area contributed by atoms with Crippen LogP contribution in [0.2, 0.25) is 0 Å². The molecule has 7 heteroatoms. The molecule has 0 bridgehead atoms. The zero-order valence-corrected chi connectivity index (χ0v) is 17.7. The van der Waals surface area contributed by atoms with Crippen molar-refractivity contribution in [3.05, 3.63) is 71.3 Å². The van der Waals surface area contributed by atoms with Gasteiger partial charge < -0.3 is 15.2 Å². The van der Waals surface area contributed by atoms with Crippen molar-refractivity contribution in [1.82, 2.24) is 10.2 Å². The van der Waals surface area contributed by atoms with E-state index in [9.17, 15) is 19.5 Å². The molecule has 166 valence electrons. The molecule has 2 N–H and O–H groups in total. The number of aliphatic carboxylic acids is 1. The van der Waals surface area contributed by atoms with Crippen molar-refractivity contribution in [3.8, 4) is 12.3 Å². The van der Waals surface area contributed by atoms with Gasteiger partial charge in [0.25, 0.3) is 0 Å². The zero-order chi connectivity index (χ0) is 22.9. The maximum Gasteiger partial charge on any atom is 0.411 e. The van der Waals surface area contributed by atoms with Gasteiger partial charge in [0, 0.05) is 12.8 Å². The number of terminal acetylenes is 1. The molecule has 0 fully saturated rings. The van der Waals surface area contributed by atoms with Crippen LogP contribution in [0.15, 0.2) is 54.6 Å². The van der Waals surface area contributed by atoms with Crippen molar-refractivity contribution in [1.29, 1.82) is 0 Å². The lowest BCUT2D eigenvalue weighted by molar-refractivity contribution is -0.143. The third kappa shape index (κ3) is 5.88. The Morgan fingerprint density at radius 3 is 2.50 bits per heavy atom. The molecule has 3 rings (SSSR count). The summed E-state index contributed by atoms with van der Waals surface area (Å²) in [5, 5.41) is 12.1. The lowest BCUT2D eigenvalue weighted by atomic mass is 9.93. The first kappa shape index (κ1) is 22.9. The third-order valence-electron chi connectivity index (χ3n) is 5.42. The average Bonchev–Trinajstić information content (AvgIpc) is 2.81. The minimum Gasteiger partial charge on any atom is -0.480 e. The van der Waals surface area contributed by atoms with E-state index in [4.69, 9.17) is 11.2 Å². The van der Waals surface area contributed by atoms with Crippen LogP contribution in [-0.4, -0.2) is 40.1 Å². The Morgan fingerprint density at radius 1 is 1.12 bits per heavy atom. The first-order valence-electron chi connectivity index (χ1n) is 10.5. The van der Waals surface area contributed by atoms with Crippen LogP contribution in [0, 0.1) is 12.3 Å². The highest BCUT2D eigenvalue weighted by molar-refractivity contribution is 5.89. The van der Waals surface area contributed by atoms with Gasteiger partial charge in [-0.25, -0.2) is 9.59 Å². The summed E-state index contributed by atoms with van der Waals surface area (Å²) in [6.07, 6.45) is 6.00. The fourth-order valence-corrected chi connectivity index (χ4v) is 3.68. The first-order valence-corrected chi connectivity index (χ1v) is 10.5. The number of benzene rings is 2. The van der Waals surface area contributed by atoms with Crippen LogP contribution in [0.3, 0.4) is 0 Å². The molecule has 7 nitrogen and oxygen atoms in total. The van der Waals surface area contributed by atoms with Gasteiger partial charge in [0.2, 0.25) is 5.91 Å².